The first kappa shape index (κ1) is 15.4. The van der Waals surface area contributed by atoms with Crippen LogP contribution in [-0.2, 0) is 6.42 Å². The average Bonchev–Trinajstić information content (AvgIpc) is 2.60. The van der Waals surface area contributed by atoms with E-state index in [1.165, 1.54) is 5.56 Å². The maximum atomic E-state index is 12.5. The molecule has 20 heavy (non-hydrogen) atoms. The average molecular weight is 292 g/mol. The zero-order valence-corrected chi connectivity index (χ0v) is 13.2. The molecule has 0 radical (unpaired) electrons. The Hall–Kier alpha value is -1.00. The largest absolute Gasteiger partial charge is 0.338 e. The minimum absolute atomic E-state index is 0.155. The summed E-state index contributed by atoms with van der Waals surface area (Å²) in [6.07, 6.45) is 1.91. The maximum Gasteiger partial charge on any atom is 0.253 e. The predicted molar refractivity (Wildman–Crippen MR) is 86.3 cm³/mol. The molecule has 0 aromatic heterocycles. The Morgan fingerprint density at radius 2 is 2.00 bits per heavy atom. The van der Waals surface area contributed by atoms with Gasteiger partial charge in [-0.3, -0.25) is 4.79 Å². The van der Waals surface area contributed by atoms with Crippen molar-refractivity contribution in [2.24, 2.45) is 5.73 Å². The monoisotopic (exact) mass is 292 g/mol. The molecule has 0 saturated carbocycles. The van der Waals surface area contributed by atoms with Gasteiger partial charge in [0.05, 0.1) is 0 Å². The third-order valence-corrected chi connectivity index (χ3v) is 5.13. The molecule has 1 aliphatic heterocycles. The van der Waals surface area contributed by atoms with Gasteiger partial charge in [-0.25, -0.2) is 0 Å². The van der Waals surface area contributed by atoms with Gasteiger partial charge in [0.15, 0.2) is 0 Å². The van der Waals surface area contributed by atoms with E-state index < -0.39 is 0 Å². The summed E-state index contributed by atoms with van der Waals surface area (Å²) in [7, 11) is 0. The van der Waals surface area contributed by atoms with Crippen molar-refractivity contribution < 1.29 is 4.79 Å². The van der Waals surface area contributed by atoms with Crippen molar-refractivity contribution in [2.75, 3.05) is 25.4 Å². The van der Waals surface area contributed by atoms with E-state index in [4.69, 9.17) is 5.73 Å². The van der Waals surface area contributed by atoms with Crippen LogP contribution in [0.1, 0.15) is 36.2 Å². The molecule has 3 nitrogen and oxygen atoms in total. The highest BCUT2D eigenvalue weighted by molar-refractivity contribution is 8.00. The highest BCUT2D eigenvalue weighted by atomic mass is 32.2. The fraction of sp³-hybridized carbons (Fsp3) is 0.562. The van der Waals surface area contributed by atoms with E-state index in [2.05, 4.69) is 13.8 Å². The van der Waals surface area contributed by atoms with Crippen molar-refractivity contribution in [1.29, 1.82) is 0 Å². The zero-order valence-electron chi connectivity index (χ0n) is 12.4. The fourth-order valence-corrected chi connectivity index (χ4v) is 3.49. The molecule has 1 aromatic carbocycles. The van der Waals surface area contributed by atoms with Crippen LogP contribution in [-0.4, -0.2) is 40.9 Å². The molecule has 1 amide bonds. The lowest BCUT2D eigenvalue weighted by atomic mass is 10.1. The van der Waals surface area contributed by atoms with Gasteiger partial charge in [-0.15, -0.1) is 0 Å². The SMILES string of the molecule is CC1(C)CCN(C(=O)c2ccc(CCN)cc2)CCS1. The fourth-order valence-electron chi connectivity index (χ4n) is 2.39. The molecule has 0 atom stereocenters. The molecular weight excluding hydrogens is 268 g/mol. The Balaban J connectivity index is 2.03. The van der Waals surface area contributed by atoms with Crippen molar-refractivity contribution in [3.05, 3.63) is 35.4 Å². The summed E-state index contributed by atoms with van der Waals surface area (Å²) < 4.78 is 0.278. The zero-order chi connectivity index (χ0) is 14.6. The Kier molecular flexibility index (Phi) is 5.11. The number of hydrogen-bond donors (Lipinski definition) is 1. The first-order chi connectivity index (χ1) is 9.52. The first-order valence-electron chi connectivity index (χ1n) is 7.24. The van der Waals surface area contributed by atoms with Crippen LogP contribution in [0.25, 0.3) is 0 Å². The molecule has 1 fully saturated rings. The number of rotatable bonds is 3. The number of nitrogens with zero attached hydrogens (tertiary/aromatic N) is 1. The van der Waals surface area contributed by atoms with Gasteiger partial charge < -0.3 is 10.6 Å². The molecule has 0 unspecified atom stereocenters. The second-order valence-corrected chi connectivity index (χ2v) is 7.69. The van der Waals surface area contributed by atoms with E-state index in [0.29, 0.717) is 6.54 Å². The molecular formula is C16H24N2OS. The van der Waals surface area contributed by atoms with Gasteiger partial charge in [0.2, 0.25) is 0 Å². The summed E-state index contributed by atoms with van der Waals surface area (Å²) in [6.45, 7) is 6.85. The van der Waals surface area contributed by atoms with Gasteiger partial charge in [0.1, 0.15) is 0 Å². The van der Waals surface area contributed by atoms with Gasteiger partial charge in [-0.1, -0.05) is 26.0 Å². The van der Waals surface area contributed by atoms with E-state index in [-0.39, 0.29) is 10.7 Å². The predicted octanol–water partition coefficient (Wildman–Crippen LogP) is 2.55. The quantitative estimate of drug-likeness (QED) is 0.931. The Bertz CT molecular complexity index is 456. The molecule has 1 aromatic rings. The maximum absolute atomic E-state index is 12.5. The third-order valence-electron chi connectivity index (χ3n) is 3.76. The van der Waals surface area contributed by atoms with Crippen LogP contribution in [0, 0.1) is 0 Å². The summed E-state index contributed by atoms with van der Waals surface area (Å²) in [5.41, 5.74) is 7.52. The molecule has 110 valence electrons. The molecule has 4 heteroatoms. The molecule has 1 aliphatic rings. The molecule has 0 bridgehead atoms. The van der Waals surface area contributed by atoms with E-state index in [1.54, 1.807) is 0 Å². The summed E-state index contributed by atoms with van der Waals surface area (Å²) in [5.74, 6) is 1.17. The highest BCUT2D eigenvalue weighted by Crippen LogP contribution is 2.31. The lowest BCUT2D eigenvalue weighted by molar-refractivity contribution is 0.0764. The van der Waals surface area contributed by atoms with Crippen molar-refractivity contribution in [1.82, 2.24) is 4.90 Å². The number of amides is 1. The number of hydrogen-bond acceptors (Lipinski definition) is 3. The molecule has 2 rings (SSSR count). The molecule has 2 N–H and O–H groups in total. The second kappa shape index (κ2) is 6.64. The normalized spacial score (nSPS) is 18.6. The van der Waals surface area contributed by atoms with Crippen molar-refractivity contribution in [3.63, 3.8) is 0 Å². The van der Waals surface area contributed by atoms with Crippen LogP contribution in [0.4, 0.5) is 0 Å². The van der Waals surface area contributed by atoms with Crippen LogP contribution in [0.5, 0.6) is 0 Å². The topological polar surface area (TPSA) is 46.3 Å². The van der Waals surface area contributed by atoms with Gasteiger partial charge >= 0.3 is 0 Å². The summed E-state index contributed by atoms with van der Waals surface area (Å²) in [6, 6.07) is 7.88. The Morgan fingerprint density at radius 3 is 2.65 bits per heavy atom. The number of carbonyl (C=O) groups is 1. The van der Waals surface area contributed by atoms with Crippen LogP contribution in [0.15, 0.2) is 24.3 Å². The molecule has 0 aliphatic carbocycles. The van der Waals surface area contributed by atoms with Gasteiger partial charge in [-0.05, 0) is 37.1 Å². The minimum atomic E-state index is 0.155. The molecule has 1 saturated heterocycles. The van der Waals surface area contributed by atoms with E-state index >= 15 is 0 Å². The van der Waals surface area contributed by atoms with Gasteiger partial charge in [0.25, 0.3) is 5.91 Å². The van der Waals surface area contributed by atoms with Crippen molar-refractivity contribution in [2.45, 2.75) is 31.4 Å². The van der Waals surface area contributed by atoms with Crippen LogP contribution in [0.3, 0.4) is 0 Å². The summed E-state index contributed by atoms with van der Waals surface area (Å²) in [4.78, 5) is 14.5. The van der Waals surface area contributed by atoms with E-state index in [1.807, 2.05) is 40.9 Å². The minimum Gasteiger partial charge on any atom is -0.338 e. The van der Waals surface area contributed by atoms with Crippen LogP contribution >= 0.6 is 11.8 Å². The van der Waals surface area contributed by atoms with Crippen molar-refractivity contribution >= 4 is 17.7 Å². The van der Waals surface area contributed by atoms with Gasteiger partial charge in [0, 0.05) is 29.2 Å². The number of nitrogens with two attached hydrogens (primary N) is 1. The lowest BCUT2D eigenvalue weighted by Crippen LogP contribution is -2.33. The van der Waals surface area contributed by atoms with Gasteiger partial charge in [-0.2, -0.15) is 11.8 Å². The standard InChI is InChI=1S/C16H24N2OS/c1-16(2)8-10-18(11-12-20-16)15(19)14-5-3-13(4-6-14)7-9-17/h3-6H,7-12,17H2,1-2H3. The smallest absolute Gasteiger partial charge is 0.253 e. The second-order valence-electron chi connectivity index (χ2n) is 5.89. The molecule has 0 spiro atoms. The lowest BCUT2D eigenvalue weighted by Gasteiger charge is -2.22. The Morgan fingerprint density at radius 1 is 1.30 bits per heavy atom. The number of carbonyl (C=O) groups excluding carboxylic acids is 1. The number of thioether (sulfide) groups is 1. The van der Waals surface area contributed by atoms with Crippen LogP contribution < -0.4 is 5.73 Å². The Labute approximate surface area is 125 Å². The number of benzene rings is 1. The van der Waals surface area contributed by atoms with E-state index in [9.17, 15) is 4.79 Å². The summed E-state index contributed by atoms with van der Waals surface area (Å²) >= 11 is 1.96. The van der Waals surface area contributed by atoms with Crippen LogP contribution in [0.2, 0.25) is 0 Å². The molecule has 1 heterocycles. The van der Waals surface area contributed by atoms with E-state index in [0.717, 1.165) is 37.2 Å². The highest BCUT2D eigenvalue weighted by Gasteiger charge is 2.26. The third kappa shape index (κ3) is 4.00. The first-order valence-corrected chi connectivity index (χ1v) is 8.23. The van der Waals surface area contributed by atoms with Crippen molar-refractivity contribution in [3.8, 4) is 0 Å². The summed E-state index contributed by atoms with van der Waals surface area (Å²) in [5, 5.41) is 0.